The van der Waals surface area contributed by atoms with Crippen LogP contribution in [0, 0.1) is 11.6 Å². The molecule has 3 aromatic rings. The summed E-state index contributed by atoms with van der Waals surface area (Å²) in [7, 11) is 1.63. The van der Waals surface area contributed by atoms with E-state index in [2.05, 4.69) is 15.1 Å². The standard InChI is InChI=1S/C23H21F2N5O3/c1-33-16-6-7-30(12-16)23(32)13-2-4-15(5-3-13)27-11-21(29-26)17-8-14-9-18(24)19(25)10-20(14)28-22(17)31/h2-5,8-11,16H,6-7,12,26H2,1H3,(H,28,31)/t16-/m0/s1. The number of pyridine rings is 1. The Bertz CT molecular complexity index is 1320. The average Bonchev–Trinajstić information content (AvgIpc) is 3.30. The Hall–Kier alpha value is -3.92. The summed E-state index contributed by atoms with van der Waals surface area (Å²) in [5.41, 5.74) is 0.697. The minimum atomic E-state index is -1.06. The van der Waals surface area contributed by atoms with Crippen LogP contribution in [0.25, 0.3) is 10.9 Å². The van der Waals surface area contributed by atoms with Crippen LogP contribution in [-0.2, 0) is 4.74 Å². The van der Waals surface area contributed by atoms with Crippen molar-refractivity contribution >= 4 is 34.4 Å². The second kappa shape index (κ2) is 9.29. The van der Waals surface area contributed by atoms with Crippen LogP contribution in [0.15, 0.2) is 57.4 Å². The number of hydrazone groups is 1. The number of ether oxygens (including phenoxy) is 1. The predicted molar refractivity (Wildman–Crippen MR) is 121 cm³/mol. The molecule has 3 N–H and O–H groups in total. The smallest absolute Gasteiger partial charge is 0.258 e. The van der Waals surface area contributed by atoms with Gasteiger partial charge in [-0.1, -0.05) is 0 Å². The van der Waals surface area contributed by atoms with Crippen LogP contribution in [0.1, 0.15) is 22.3 Å². The maximum atomic E-state index is 13.6. The number of aliphatic imine (C=N–C) groups is 1. The number of methoxy groups -OCH3 is 1. The number of aromatic amines is 1. The van der Waals surface area contributed by atoms with Crippen molar-refractivity contribution in [2.75, 3.05) is 20.2 Å². The predicted octanol–water partition coefficient (Wildman–Crippen LogP) is 2.73. The van der Waals surface area contributed by atoms with Crippen LogP contribution in [0.2, 0.25) is 0 Å². The van der Waals surface area contributed by atoms with E-state index in [0.717, 1.165) is 18.6 Å². The molecule has 0 unspecified atom stereocenters. The maximum Gasteiger partial charge on any atom is 0.258 e. The molecular weight excluding hydrogens is 432 g/mol. The van der Waals surface area contributed by atoms with E-state index in [4.69, 9.17) is 10.6 Å². The number of hydrogen-bond acceptors (Lipinski definition) is 6. The number of likely N-dealkylation sites (tertiary alicyclic amines) is 1. The summed E-state index contributed by atoms with van der Waals surface area (Å²) in [6.45, 7) is 1.20. The number of H-pyrrole nitrogens is 1. The molecule has 1 atom stereocenters. The first-order chi connectivity index (χ1) is 15.9. The second-order valence-electron chi connectivity index (χ2n) is 7.58. The summed E-state index contributed by atoms with van der Waals surface area (Å²) in [4.78, 5) is 33.5. The van der Waals surface area contributed by atoms with Gasteiger partial charge in [-0.05, 0) is 42.8 Å². The number of carbonyl (C=O) groups excluding carboxylic acids is 1. The largest absolute Gasteiger partial charge is 0.380 e. The number of nitrogens with one attached hydrogen (secondary N) is 1. The molecule has 1 amide bonds. The molecule has 0 bridgehead atoms. The molecule has 33 heavy (non-hydrogen) atoms. The molecule has 0 saturated carbocycles. The molecule has 1 saturated heterocycles. The molecule has 1 aromatic heterocycles. The number of amides is 1. The number of hydrogen-bond donors (Lipinski definition) is 2. The average molecular weight is 453 g/mol. The van der Waals surface area contributed by atoms with Crippen molar-refractivity contribution in [1.82, 2.24) is 9.88 Å². The fourth-order valence-electron chi connectivity index (χ4n) is 3.68. The molecule has 2 aromatic carbocycles. The third kappa shape index (κ3) is 4.65. The van der Waals surface area contributed by atoms with Crippen molar-refractivity contribution in [3.63, 3.8) is 0 Å². The highest BCUT2D eigenvalue weighted by molar-refractivity contribution is 6.38. The molecule has 2 heterocycles. The monoisotopic (exact) mass is 453 g/mol. The first kappa shape index (κ1) is 22.3. The van der Waals surface area contributed by atoms with E-state index in [9.17, 15) is 18.4 Å². The van der Waals surface area contributed by atoms with E-state index in [1.807, 2.05) is 0 Å². The Morgan fingerprint density at radius 3 is 2.61 bits per heavy atom. The fourth-order valence-corrected chi connectivity index (χ4v) is 3.68. The Kier molecular flexibility index (Phi) is 6.27. The van der Waals surface area contributed by atoms with Gasteiger partial charge in [0.05, 0.1) is 29.1 Å². The third-order valence-electron chi connectivity index (χ3n) is 5.52. The number of carbonyl (C=O) groups is 1. The minimum Gasteiger partial charge on any atom is -0.380 e. The zero-order valence-electron chi connectivity index (χ0n) is 17.7. The number of nitrogens with two attached hydrogens (primary N) is 1. The molecule has 1 aliphatic heterocycles. The number of benzene rings is 2. The SMILES string of the molecule is CO[C@H]1CCN(C(=O)c2ccc(N=CC(=NN)c3cc4cc(F)c(F)cc4[nH]c3=O)cc2)C1. The Balaban J connectivity index is 1.53. The van der Waals surface area contributed by atoms with Gasteiger partial charge in [0.25, 0.3) is 11.5 Å². The van der Waals surface area contributed by atoms with Crippen LogP contribution in [0.3, 0.4) is 0 Å². The fraction of sp³-hybridized carbons (Fsp3) is 0.217. The van der Waals surface area contributed by atoms with Crippen molar-refractivity contribution in [3.05, 3.63) is 75.6 Å². The van der Waals surface area contributed by atoms with Gasteiger partial charge >= 0.3 is 0 Å². The zero-order valence-corrected chi connectivity index (χ0v) is 17.7. The van der Waals surface area contributed by atoms with Gasteiger partial charge in [0.2, 0.25) is 0 Å². The molecule has 8 nitrogen and oxygen atoms in total. The van der Waals surface area contributed by atoms with E-state index in [1.165, 1.54) is 12.3 Å². The lowest BCUT2D eigenvalue weighted by molar-refractivity contribution is 0.0724. The van der Waals surface area contributed by atoms with Gasteiger partial charge in [-0.25, -0.2) is 8.78 Å². The third-order valence-corrected chi connectivity index (χ3v) is 5.52. The molecule has 1 fully saturated rings. The van der Waals surface area contributed by atoms with Gasteiger partial charge in [0.1, 0.15) is 5.71 Å². The van der Waals surface area contributed by atoms with Crippen molar-refractivity contribution < 1.29 is 18.3 Å². The van der Waals surface area contributed by atoms with E-state index >= 15 is 0 Å². The van der Waals surface area contributed by atoms with E-state index in [1.54, 1.807) is 36.3 Å². The summed E-state index contributed by atoms with van der Waals surface area (Å²) in [5, 5.41) is 3.88. The zero-order chi connectivity index (χ0) is 23.5. The first-order valence-corrected chi connectivity index (χ1v) is 10.2. The summed E-state index contributed by atoms with van der Waals surface area (Å²) in [6, 6.07) is 9.88. The van der Waals surface area contributed by atoms with Crippen molar-refractivity contribution in [1.29, 1.82) is 0 Å². The molecule has 170 valence electrons. The molecule has 1 aliphatic rings. The van der Waals surface area contributed by atoms with Crippen LogP contribution in [0.4, 0.5) is 14.5 Å². The van der Waals surface area contributed by atoms with Crippen LogP contribution in [0.5, 0.6) is 0 Å². The highest BCUT2D eigenvalue weighted by atomic mass is 19.2. The normalized spacial score (nSPS) is 16.8. The number of aromatic nitrogens is 1. The molecule has 10 heteroatoms. The number of halogens is 2. The molecule has 0 spiro atoms. The molecule has 0 aliphatic carbocycles. The Morgan fingerprint density at radius 2 is 1.94 bits per heavy atom. The van der Waals surface area contributed by atoms with Crippen molar-refractivity contribution in [2.45, 2.75) is 12.5 Å². The molecule has 4 rings (SSSR count). The van der Waals surface area contributed by atoms with Crippen LogP contribution >= 0.6 is 0 Å². The van der Waals surface area contributed by atoms with Gasteiger partial charge in [0.15, 0.2) is 11.6 Å². The number of fused-ring (bicyclic) bond motifs is 1. The maximum absolute atomic E-state index is 13.6. The van der Waals surface area contributed by atoms with E-state index < -0.39 is 17.2 Å². The molecular formula is C23H21F2N5O3. The first-order valence-electron chi connectivity index (χ1n) is 10.2. The van der Waals surface area contributed by atoms with Crippen molar-refractivity contribution in [2.24, 2.45) is 15.9 Å². The van der Waals surface area contributed by atoms with E-state index in [-0.39, 0.29) is 34.2 Å². The summed E-state index contributed by atoms with van der Waals surface area (Å²) in [5.74, 6) is 3.25. The van der Waals surface area contributed by atoms with Gasteiger partial charge in [-0.2, -0.15) is 5.10 Å². The highest BCUT2D eigenvalue weighted by Crippen LogP contribution is 2.19. The van der Waals surface area contributed by atoms with Crippen LogP contribution < -0.4 is 11.4 Å². The van der Waals surface area contributed by atoms with Gasteiger partial charge in [-0.15, -0.1) is 0 Å². The number of rotatable bonds is 5. The summed E-state index contributed by atoms with van der Waals surface area (Å²) < 4.78 is 32.3. The van der Waals surface area contributed by atoms with Gasteiger partial charge < -0.3 is 20.5 Å². The lowest BCUT2D eigenvalue weighted by Gasteiger charge is -2.16. The molecule has 0 radical (unpaired) electrons. The van der Waals surface area contributed by atoms with Crippen LogP contribution in [-0.4, -0.2) is 54.0 Å². The lowest BCUT2D eigenvalue weighted by atomic mass is 10.1. The second-order valence-corrected chi connectivity index (χ2v) is 7.58. The topological polar surface area (TPSA) is 113 Å². The Labute approximate surface area is 187 Å². The lowest BCUT2D eigenvalue weighted by Crippen LogP contribution is -2.29. The Morgan fingerprint density at radius 1 is 1.21 bits per heavy atom. The van der Waals surface area contributed by atoms with Gasteiger partial charge in [-0.3, -0.25) is 14.6 Å². The summed E-state index contributed by atoms with van der Waals surface area (Å²) >= 11 is 0. The number of nitrogens with zero attached hydrogens (tertiary/aromatic N) is 3. The van der Waals surface area contributed by atoms with Crippen molar-refractivity contribution in [3.8, 4) is 0 Å². The highest BCUT2D eigenvalue weighted by Gasteiger charge is 2.26. The summed E-state index contributed by atoms with van der Waals surface area (Å²) in [6.07, 6.45) is 2.15. The minimum absolute atomic E-state index is 0.0470. The quantitative estimate of drug-likeness (QED) is 0.351. The van der Waals surface area contributed by atoms with E-state index in [0.29, 0.717) is 24.3 Å². The van der Waals surface area contributed by atoms with Gasteiger partial charge in [0, 0.05) is 37.2 Å².